The van der Waals surface area contributed by atoms with E-state index in [0.29, 0.717) is 17.3 Å². The molecule has 2 aromatic rings. The Balaban J connectivity index is 2.11. The van der Waals surface area contributed by atoms with Gasteiger partial charge >= 0.3 is 0 Å². The number of nitrogens with two attached hydrogens (primary N) is 1. The van der Waals surface area contributed by atoms with Crippen molar-refractivity contribution in [2.24, 2.45) is 0 Å². The van der Waals surface area contributed by atoms with Crippen molar-refractivity contribution in [3.8, 4) is 5.75 Å². The molecule has 24 heavy (non-hydrogen) atoms. The van der Waals surface area contributed by atoms with E-state index in [2.05, 4.69) is 25.2 Å². The summed E-state index contributed by atoms with van der Waals surface area (Å²) in [5.74, 6) is 0.953. The lowest BCUT2D eigenvalue weighted by molar-refractivity contribution is -0.122. The van der Waals surface area contributed by atoms with E-state index in [1.165, 1.54) is 0 Å². The molecule has 0 saturated carbocycles. The van der Waals surface area contributed by atoms with Gasteiger partial charge in [-0.25, -0.2) is 0 Å². The second kappa shape index (κ2) is 7.86. The van der Waals surface area contributed by atoms with Crippen molar-refractivity contribution < 1.29 is 9.53 Å². The lowest BCUT2D eigenvalue weighted by Gasteiger charge is -2.20. The van der Waals surface area contributed by atoms with Crippen molar-refractivity contribution in [3.05, 3.63) is 53.6 Å². The Hall–Kier alpha value is -2.49. The Morgan fingerprint density at radius 3 is 2.62 bits per heavy atom. The number of carbonyl (C=O) groups excluding carboxylic acids is 1. The molecule has 4 nitrogen and oxygen atoms in total. The minimum Gasteiger partial charge on any atom is -0.481 e. The number of nitrogen functional groups attached to an aromatic ring is 1. The van der Waals surface area contributed by atoms with E-state index in [9.17, 15) is 4.79 Å². The lowest BCUT2D eigenvalue weighted by Crippen LogP contribution is -2.30. The third kappa shape index (κ3) is 4.28. The Labute approximate surface area is 144 Å². The molecule has 2 aromatic carbocycles. The Bertz CT molecular complexity index is 713. The number of hydrogen-bond donors (Lipinski definition) is 2. The van der Waals surface area contributed by atoms with Gasteiger partial charge in [-0.05, 0) is 55.5 Å². The third-order valence-corrected chi connectivity index (χ3v) is 4.25. The molecule has 0 fully saturated rings. The lowest BCUT2D eigenvalue weighted by atomic mass is 9.98. The number of benzene rings is 2. The summed E-state index contributed by atoms with van der Waals surface area (Å²) in [6.07, 6.45) is 0.416. The highest BCUT2D eigenvalue weighted by Gasteiger charge is 2.18. The van der Waals surface area contributed by atoms with Crippen LogP contribution >= 0.6 is 0 Å². The molecule has 0 aliphatic rings. The fraction of sp³-hybridized carbons (Fsp3) is 0.350. The first kappa shape index (κ1) is 17.9. The molecular formula is C20H26N2O2. The quantitative estimate of drug-likeness (QED) is 0.768. The minimum atomic E-state index is -0.601. The van der Waals surface area contributed by atoms with Crippen molar-refractivity contribution >= 4 is 17.3 Å². The van der Waals surface area contributed by atoms with Crippen LogP contribution in [0.25, 0.3) is 0 Å². The van der Waals surface area contributed by atoms with Crippen molar-refractivity contribution in [1.82, 2.24) is 0 Å². The van der Waals surface area contributed by atoms with Crippen LogP contribution in [0.1, 0.15) is 44.2 Å². The monoisotopic (exact) mass is 326 g/mol. The number of aryl methyl sites for hydroxylation is 1. The predicted octanol–water partition coefficient (Wildman–Crippen LogP) is 4.50. The van der Waals surface area contributed by atoms with E-state index in [4.69, 9.17) is 10.5 Å². The molecule has 1 amide bonds. The summed E-state index contributed by atoms with van der Waals surface area (Å²) in [6, 6.07) is 13.3. The van der Waals surface area contributed by atoms with E-state index in [1.54, 1.807) is 13.0 Å². The maximum atomic E-state index is 12.5. The first-order valence-corrected chi connectivity index (χ1v) is 8.35. The van der Waals surface area contributed by atoms with Crippen LogP contribution in [0.4, 0.5) is 11.4 Å². The average Bonchev–Trinajstić information content (AvgIpc) is 2.57. The number of carbonyl (C=O) groups is 1. The molecular weight excluding hydrogens is 300 g/mol. The predicted molar refractivity (Wildman–Crippen MR) is 99.5 cm³/mol. The van der Waals surface area contributed by atoms with Crippen LogP contribution in [0.3, 0.4) is 0 Å². The van der Waals surface area contributed by atoms with Gasteiger partial charge in [0.15, 0.2) is 6.10 Å². The first-order valence-electron chi connectivity index (χ1n) is 8.35. The highest BCUT2D eigenvalue weighted by molar-refractivity contribution is 5.95. The maximum Gasteiger partial charge on any atom is 0.265 e. The second-order valence-electron chi connectivity index (χ2n) is 6.17. The number of nitrogens with one attached hydrogen (secondary N) is 1. The second-order valence-corrected chi connectivity index (χ2v) is 6.17. The molecule has 3 N–H and O–H groups in total. The van der Waals surface area contributed by atoms with Gasteiger partial charge in [0, 0.05) is 11.4 Å². The van der Waals surface area contributed by atoms with Gasteiger partial charge in [0.2, 0.25) is 0 Å². The minimum absolute atomic E-state index is 0.192. The van der Waals surface area contributed by atoms with E-state index in [-0.39, 0.29) is 5.91 Å². The molecule has 0 aliphatic carbocycles. The van der Waals surface area contributed by atoms with Gasteiger partial charge in [-0.2, -0.15) is 0 Å². The van der Waals surface area contributed by atoms with E-state index in [0.717, 1.165) is 23.3 Å². The Morgan fingerprint density at radius 1 is 1.21 bits per heavy atom. The molecule has 128 valence electrons. The number of hydrogen-bond acceptors (Lipinski definition) is 3. The van der Waals surface area contributed by atoms with E-state index < -0.39 is 6.10 Å². The molecule has 0 unspecified atom stereocenters. The zero-order valence-electron chi connectivity index (χ0n) is 14.8. The van der Waals surface area contributed by atoms with Gasteiger partial charge in [-0.15, -0.1) is 0 Å². The molecule has 0 heterocycles. The van der Waals surface area contributed by atoms with Crippen LogP contribution in [-0.2, 0) is 4.79 Å². The van der Waals surface area contributed by atoms with Crippen LogP contribution < -0.4 is 15.8 Å². The van der Waals surface area contributed by atoms with Crippen LogP contribution in [0, 0.1) is 6.92 Å². The third-order valence-electron chi connectivity index (χ3n) is 4.25. The first-order chi connectivity index (χ1) is 11.4. The fourth-order valence-corrected chi connectivity index (χ4v) is 2.47. The molecule has 0 bridgehead atoms. The number of para-hydroxylation sites is 1. The molecule has 2 rings (SSSR count). The Kier molecular flexibility index (Phi) is 5.85. The highest BCUT2D eigenvalue weighted by Crippen LogP contribution is 2.29. The van der Waals surface area contributed by atoms with Crippen molar-refractivity contribution in [1.29, 1.82) is 0 Å². The van der Waals surface area contributed by atoms with Crippen molar-refractivity contribution in [2.45, 2.75) is 46.1 Å². The van der Waals surface area contributed by atoms with Crippen LogP contribution in [-0.4, -0.2) is 12.0 Å². The average molecular weight is 326 g/mol. The van der Waals surface area contributed by atoms with Gasteiger partial charge in [-0.1, -0.05) is 38.1 Å². The summed E-state index contributed by atoms with van der Waals surface area (Å²) in [5, 5.41) is 2.89. The SMILES string of the molecule is CC[C@@H](C)c1ccccc1O[C@H](C)C(=O)Nc1cc(N)ccc1C. The summed E-state index contributed by atoms with van der Waals surface area (Å²) < 4.78 is 5.93. The smallest absolute Gasteiger partial charge is 0.265 e. The zero-order chi connectivity index (χ0) is 17.7. The highest BCUT2D eigenvalue weighted by atomic mass is 16.5. The summed E-state index contributed by atoms with van der Waals surface area (Å²) in [7, 11) is 0. The summed E-state index contributed by atoms with van der Waals surface area (Å²) >= 11 is 0. The topological polar surface area (TPSA) is 64.3 Å². The van der Waals surface area contributed by atoms with E-state index >= 15 is 0 Å². The van der Waals surface area contributed by atoms with Crippen molar-refractivity contribution in [3.63, 3.8) is 0 Å². The Morgan fingerprint density at radius 2 is 1.92 bits per heavy atom. The van der Waals surface area contributed by atoms with Gasteiger partial charge in [0.1, 0.15) is 5.75 Å². The number of amides is 1. The number of rotatable bonds is 6. The molecule has 2 atom stereocenters. The molecule has 0 aliphatic heterocycles. The molecule has 0 radical (unpaired) electrons. The number of anilines is 2. The summed E-state index contributed by atoms with van der Waals surface area (Å²) in [6.45, 7) is 7.98. The molecule has 4 heteroatoms. The summed E-state index contributed by atoms with van der Waals surface area (Å²) in [5.41, 5.74) is 9.21. The fourth-order valence-electron chi connectivity index (χ4n) is 2.47. The molecule has 0 aromatic heterocycles. The van der Waals surface area contributed by atoms with E-state index in [1.807, 2.05) is 37.3 Å². The largest absolute Gasteiger partial charge is 0.481 e. The van der Waals surface area contributed by atoms with Crippen LogP contribution in [0.5, 0.6) is 5.75 Å². The maximum absolute atomic E-state index is 12.5. The van der Waals surface area contributed by atoms with Crippen molar-refractivity contribution in [2.75, 3.05) is 11.1 Å². The molecule has 0 spiro atoms. The zero-order valence-corrected chi connectivity index (χ0v) is 14.8. The molecule has 0 saturated heterocycles. The van der Waals surface area contributed by atoms with Gasteiger partial charge in [-0.3, -0.25) is 4.79 Å². The normalized spacial score (nSPS) is 13.2. The van der Waals surface area contributed by atoms with Gasteiger partial charge < -0.3 is 15.8 Å². The van der Waals surface area contributed by atoms with Gasteiger partial charge in [0.25, 0.3) is 5.91 Å². The standard InChI is InChI=1S/C20H26N2O2/c1-5-13(2)17-8-6-7-9-19(17)24-15(4)20(23)22-18-12-16(21)11-10-14(18)3/h6-13,15H,5,21H2,1-4H3,(H,22,23)/t13-,15-/m1/s1. The van der Waals surface area contributed by atoms with Crippen LogP contribution in [0.15, 0.2) is 42.5 Å². The van der Waals surface area contributed by atoms with Crippen LogP contribution in [0.2, 0.25) is 0 Å². The number of ether oxygens (including phenoxy) is 1. The summed E-state index contributed by atoms with van der Waals surface area (Å²) in [4.78, 5) is 12.5. The van der Waals surface area contributed by atoms with Gasteiger partial charge in [0.05, 0.1) is 0 Å².